The van der Waals surface area contributed by atoms with Crippen molar-refractivity contribution in [2.75, 3.05) is 13.2 Å². The molecule has 0 amide bonds. The normalized spacial score (nSPS) is 16.6. The summed E-state index contributed by atoms with van der Waals surface area (Å²) in [5.74, 6) is 0. The minimum atomic E-state index is 0.515. The topological polar surface area (TPSA) is 52.5 Å². The molecular formula is C11H13N3OS. The van der Waals surface area contributed by atoms with Gasteiger partial charge in [-0.1, -0.05) is 17.8 Å². The van der Waals surface area contributed by atoms with E-state index in [2.05, 4.69) is 9.38 Å². The second kappa shape index (κ2) is 4.08. The fourth-order valence-corrected chi connectivity index (χ4v) is 2.85. The summed E-state index contributed by atoms with van der Waals surface area (Å²) in [5.41, 5.74) is 7.84. The van der Waals surface area contributed by atoms with Crippen LogP contribution in [0.1, 0.15) is 5.69 Å². The monoisotopic (exact) mass is 235 g/mol. The highest BCUT2D eigenvalue weighted by Crippen LogP contribution is 2.30. The number of imidazole rings is 1. The van der Waals surface area contributed by atoms with Crippen molar-refractivity contribution < 1.29 is 4.74 Å². The molecule has 2 aromatic heterocycles. The lowest BCUT2D eigenvalue weighted by molar-refractivity contribution is 0.0454. The quantitative estimate of drug-likeness (QED) is 0.871. The maximum atomic E-state index is 5.79. The second-order valence-corrected chi connectivity index (χ2v) is 5.06. The van der Waals surface area contributed by atoms with Gasteiger partial charge in [0.25, 0.3) is 0 Å². The molecule has 2 aromatic rings. The van der Waals surface area contributed by atoms with Crippen molar-refractivity contribution in [3.63, 3.8) is 0 Å². The Kier molecular flexibility index (Phi) is 2.59. The molecule has 0 spiro atoms. The van der Waals surface area contributed by atoms with Crippen LogP contribution in [-0.4, -0.2) is 27.8 Å². The van der Waals surface area contributed by atoms with Crippen LogP contribution in [0.25, 0.3) is 5.65 Å². The molecule has 2 N–H and O–H groups in total. The van der Waals surface area contributed by atoms with Gasteiger partial charge in [0.2, 0.25) is 0 Å². The Morgan fingerprint density at radius 2 is 2.38 bits per heavy atom. The van der Waals surface area contributed by atoms with Crippen molar-refractivity contribution in [3.8, 4) is 0 Å². The Morgan fingerprint density at radius 1 is 1.50 bits per heavy atom. The van der Waals surface area contributed by atoms with E-state index in [0.717, 1.165) is 29.6 Å². The molecule has 16 heavy (non-hydrogen) atoms. The molecule has 0 unspecified atom stereocenters. The van der Waals surface area contributed by atoms with Crippen LogP contribution in [0.3, 0.4) is 0 Å². The summed E-state index contributed by atoms with van der Waals surface area (Å²) in [7, 11) is 0. The van der Waals surface area contributed by atoms with Crippen LogP contribution in [-0.2, 0) is 11.3 Å². The van der Waals surface area contributed by atoms with Gasteiger partial charge in [-0.15, -0.1) is 0 Å². The number of ether oxygens (including phenoxy) is 1. The first kappa shape index (κ1) is 10.1. The number of pyridine rings is 1. The number of hydrogen-bond donors (Lipinski definition) is 1. The summed E-state index contributed by atoms with van der Waals surface area (Å²) >= 11 is 1.77. The maximum Gasteiger partial charge on any atom is 0.138 e. The Balaban J connectivity index is 2.01. The van der Waals surface area contributed by atoms with E-state index in [4.69, 9.17) is 10.5 Å². The van der Waals surface area contributed by atoms with Crippen molar-refractivity contribution in [1.29, 1.82) is 0 Å². The number of thioether (sulfide) groups is 1. The van der Waals surface area contributed by atoms with Crippen LogP contribution >= 0.6 is 11.8 Å². The van der Waals surface area contributed by atoms with E-state index in [1.165, 1.54) is 0 Å². The van der Waals surface area contributed by atoms with E-state index in [0.29, 0.717) is 11.8 Å². The first-order valence-electron chi connectivity index (χ1n) is 5.29. The molecule has 0 aliphatic carbocycles. The van der Waals surface area contributed by atoms with Gasteiger partial charge < -0.3 is 14.9 Å². The van der Waals surface area contributed by atoms with Gasteiger partial charge in [-0.05, 0) is 12.1 Å². The first-order valence-corrected chi connectivity index (χ1v) is 6.17. The first-order chi connectivity index (χ1) is 7.88. The number of fused-ring (bicyclic) bond motifs is 1. The van der Waals surface area contributed by atoms with Crippen molar-refractivity contribution >= 4 is 17.4 Å². The molecule has 1 saturated heterocycles. The molecule has 4 nitrogen and oxygen atoms in total. The predicted octanol–water partition coefficient (Wildman–Crippen LogP) is 1.28. The number of nitrogens with two attached hydrogens (primary N) is 1. The molecule has 1 aliphatic heterocycles. The highest BCUT2D eigenvalue weighted by atomic mass is 32.2. The Labute approximate surface area is 97.8 Å². The summed E-state index contributed by atoms with van der Waals surface area (Å²) in [6.45, 7) is 2.16. The van der Waals surface area contributed by atoms with Gasteiger partial charge in [0.1, 0.15) is 10.7 Å². The van der Waals surface area contributed by atoms with Crippen LogP contribution in [0.2, 0.25) is 0 Å². The van der Waals surface area contributed by atoms with E-state index in [1.54, 1.807) is 11.8 Å². The van der Waals surface area contributed by atoms with Crippen molar-refractivity contribution in [3.05, 3.63) is 30.1 Å². The molecule has 0 aromatic carbocycles. The predicted molar refractivity (Wildman–Crippen MR) is 63.5 cm³/mol. The van der Waals surface area contributed by atoms with Gasteiger partial charge in [-0.2, -0.15) is 0 Å². The molecule has 1 aliphatic rings. The zero-order chi connectivity index (χ0) is 11.0. The van der Waals surface area contributed by atoms with Crippen molar-refractivity contribution in [2.24, 2.45) is 5.73 Å². The molecular weight excluding hydrogens is 222 g/mol. The van der Waals surface area contributed by atoms with E-state index < -0.39 is 0 Å². The summed E-state index contributed by atoms with van der Waals surface area (Å²) in [5, 5.41) is 1.58. The third-order valence-electron chi connectivity index (χ3n) is 2.67. The van der Waals surface area contributed by atoms with E-state index in [9.17, 15) is 0 Å². The van der Waals surface area contributed by atoms with Gasteiger partial charge in [0.05, 0.1) is 24.2 Å². The molecule has 0 bridgehead atoms. The molecule has 5 heteroatoms. The highest BCUT2D eigenvalue weighted by molar-refractivity contribution is 8.00. The van der Waals surface area contributed by atoms with Gasteiger partial charge in [0.15, 0.2) is 0 Å². The largest absolute Gasteiger partial charge is 0.379 e. The molecule has 84 valence electrons. The van der Waals surface area contributed by atoms with Gasteiger partial charge in [-0.25, -0.2) is 4.98 Å². The minimum Gasteiger partial charge on any atom is -0.379 e. The average molecular weight is 235 g/mol. The lowest BCUT2D eigenvalue weighted by atomic mass is 10.4. The number of hydrogen-bond acceptors (Lipinski definition) is 4. The van der Waals surface area contributed by atoms with Crippen LogP contribution in [0.4, 0.5) is 0 Å². The lowest BCUT2D eigenvalue weighted by Crippen LogP contribution is -2.30. The number of rotatable bonds is 3. The van der Waals surface area contributed by atoms with Crippen LogP contribution in [0.15, 0.2) is 29.4 Å². The number of nitrogens with zero attached hydrogens (tertiary/aromatic N) is 2. The zero-order valence-corrected chi connectivity index (χ0v) is 9.61. The third kappa shape index (κ3) is 1.61. The SMILES string of the molecule is NCc1c(SC2COC2)nc2ccccn12. The maximum absolute atomic E-state index is 5.79. The average Bonchev–Trinajstić information content (AvgIpc) is 2.60. The fraction of sp³-hybridized carbons (Fsp3) is 0.364. The molecule has 1 fully saturated rings. The van der Waals surface area contributed by atoms with Crippen LogP contribution in [0, 0.1) is 0 Å². The lowest BCUT2D eigenvalue weighted by Gasteiger charge is -2.24. The van der Waals surface area contributed by atoms with Gasteiger partial charge in [-0.3, -0.25) is 0 Å². The van der Waals surface area contributed by atoms with Crippen molar-refractivity contribution in [1.82, 2.24) is 9.38 Å². The fourth-order valence-electron chi connectivity index (χ4n) is 1.75. The van der Waals surface area contributed by atoms with Crippen LogP contribution < -0.4 is 5.73 Å². The zero-order valence-electron chi connectivity index (χ0n) is 8.80. The standard InChI is InChI=1S/C11H13N3OS/c12-5-9-11(16-8-6-15-7-8)13-10-3-1-2-4-14(9)10/h1-4,8H,5-7,12H2. The smallest absolute Gasteiger partial charge is 0.138 e. The summed E-state index contributed by atoms with van der Waals surface area (Å²) < 4.78 is 7.23. The summed E-state index contributed by atoms with van der Waals surface area (Å²) in [6, 6.07) is 5.98. The highest BCUT2D eigenvalue weighted by Gasteiger charge is 2.23. The Morgan fingerprint density at radius 3 is 3.06 bits per heavy atom. The molecule has 3 heterocycles. The van der Waals surface area contributed by atoms with E-state index in [-0.39, 0.29) is 0 Å². The van der Waals surface area contributed by atoms with Crippen LogP contribution in [0.5, 0.6) is 0 Å². The molecule has 3 rings (SSSR count). The number of aromatic nitrogens is 2. The van der Waals surface area contributed by atoms with Crippen molar-refractivity contribution in [2.45, 2.75) is 16.8 Å². The van der Waals surface area contributed by atoms with E-state index >= 15 is 0 Å². The molecule has 0 saturated carbocycles. The summed E-state index contributed by atoms with van der Waals surface area (Å²) in [4.78, 5) is 4.60. The molecule has 0 radical (unpaired) electrons. The Hall–Kier alpha value is -1.04. The second-order valence-electron chi connectivity index (χ2n) is 3.77. The summed E-state index contributed by atoms with van der Waals surface area (Å²) in [6.07, 6.45) is 2.01. The third-order valence-corrected chi connectivity index (χ3v) is 3.83. The Bertz CT molecular complexity index is 507. The molecule has 0 atom stereocenters. The van der Waals surface area contributed by atoms with E-state index in [1.807, 2.05) is 24.4 Å². The minimum absolute atomic E-state index is 0.515. The van der Waals surface area contributed by atoms with Gasteiger partial charge >= 0.3 is 0 Å². The van der Waals surface area contributed by atoms with Gasteiger partial charge in [0, 0.05) is 12.7 Å².